The van der Waals surface area contributed by atoms with E-state index in [0.29, 0.717) is 6.61 Å². The van der Waals surface area contributed by atoms with Gasteiger partial charge in [0.1, 0.15) is 18.1 Å². The van der Waals surface area contributed by atoms with Crippen LogP contribution in [0, 0.1) is 5.92 Å². The van der Waals surface area contributed by atoms with Crippen molar-refractivity contribution < 1.29 is 9.15 Å². The molecule has 3 heteroatoms. The van der Waals surface area contributed by atoms with Crippen molar-refractivity contribution in [3.8, 4) is 0 Å². The quantitative estimate of drug-likeness (QED) is 0.823. The van der Waals surface area contributed by atoms with Crippen molar-refractivity contribution in [2.75, 3.05) is 20.2 Å². The lowest BCUT2D eigenvalue weighted by Crippen LogP contribution is -2.30. The number of rotatable bonds is 4. The van der Waals surface area contributed by atoms with E-state index in [1.807, 2.05) is 6.07 Å². The van der Waals surface area contributed by atoms with Crippen LogP contribution in [0.3, 0.4) is 0 Å². The van der Waals surface area contributed by atoms with Gasteiger partial charge in [-0.05, 0) is 44.0 Å². The van der Waals surface area contributed by atoms with Crippen molar-refractivity contribution in [1.29, 1.82) is 0 Å². The maximum Gasteiger partial charge on any atom is 0.129 e. The average molecular weight is 209 g/mol. The molecule has 0 aromatic carbocycles. The molecule has 1 fully saturated rings. The number of methoxy groups -OCH3 is 1. The minimum atomic E-state index is 0.572. The fourth-order valence-electron chi connectivity index (χ4n) is 2.13. The molecule has 0 amide bonds. The first-order chi connectivity index (χ1) is 7.38. The van der Waals surface area contributed by atoms with E-state index in [2.05, 4.69) is 11.4 Å². The first-order valence-corrected chi connectivity index (χ1v) is 5.65. The Labute approximate surface area is 90.8 Å². The molecule has 1 aromatic heterocycles. The largest absolute Gasteiger partial charge is 0.464 e. The standard InChI is InChI=1S/C12H19NO2/c1-14-9-12-5-4-11(15-12)7-10-3-2-6-13-8-10/h4-5,10,13H,2-3,6-9H2,1H3. The zero-order valence-electron chi connectivity index (χ0n) is 9.29. The second-order valence-corrected chi connectivity index (χ2v) is 4.22. The van der Waals surface area contributed by atoms with Gasteiger partial charge in [-0.2, -0.15) is 0 Å². The zero-order valence-corrected chi connectivity index (χ0v) is 9.29. The smallest absolute Gasteiger partial charge is 0.129 e. The molecule has 0 aliphatic carbocycles. The predicted octanol–water partition coefficient (Wildman–Crippen LogP) is 1.97. The van der Waals surface area contributed by atoms with Gasteiger partial charge in [0.15, 0.2) is 0 Å². The molecule has 1 N–H and O–H groups in total. The Morgan fingerprint density at radius 3 is 3.07 bits per heavy atom. The van der Waals surface area contributed by atoms with Crippen LogP contribution < -0.4 is 5.32 Å². The molecule has 84 valence electrons. The summed E-state index contributed by atoms with van der Waals surface area (Å²) >= 11 is 0. The molecule has 1 aromatic rings. The number of hydrogen-bond donors (Lipinski definition) is 1. The van der Waals surface area contributed by atoms with Crippen LogP contribution in [0.25, 0.3) is 0 Å². The maximum atomic E-state index is 5.67. The Bertz CT molecular complexity index is 290. The maximum absolute atomic E-state index is 5.67. The lowest BCUT2D eigenvalue weighted by Gasteiger charge is -2.21. The summed E-state index contributed by atoms with van der Waals surface area (Å²) in [6.07, 6.45) is 3.65. The van der Waals surface area contributed by atoms with Crippen LogP contribution in [0.2, 0.25) is 0 Å². The summed E-state index contributed by atoms with van der Waals surface area (Å²) in [6.45, 7) is 2.87. The first-order valence-electron chi connectivity index (χ1n) is 5.65. The van der Waals surface area contributed by atoms with Crippen molar-refractivity contribution in [1.82, 2.24) is 5.32 Å². The van der Waals surface area contributed by atoms with Gasteiger partial charge in [-0.15, -0.1) is 0 Å². The van der Waals surface area contributed by atoms with Crippen LogP contribution in [0.4, 0.5) is 0 Å². The fourth-order valence-corrected chi connectivity index (χ4v) is 2.13. The van der Waals surface area contributed by atoms with Gasteiger partial charge in [-0.25, -0.2) is 0 Å². The highest BCUT2D eigenvalue weighted by Gasteiger charge is 2.15. The Balaban J connectivity index is 1.86. The highest BCUT2D eigenvalue weighted by Crippen LogP contribution is 2.18. The normalized spacial score (nSPS) is 21.8. The topological polar surface area (TPSA) is 34.4 Å². The van der Waals surface area contributed by atoms with Crippen LogP contribution >= 0.6 is 0 Å². The molecule has 1 unspecified atom stereocenters. The molecular weight excluding hydrogens is 190 g/mol. The first kappa shape index (κ1) is 10.7. The number of hydrogen-bond acceptors (Lipinski definition) is 3. The molecule has 1 saturated heterocycles. The summed E-state index contributed by atoms with van der Waals surface area (Å²) in [5.74, 6) is 2.76. The summed E-state index contributed by atoms with van der Waals surface area (Å²) in [5, 5.41) is 3.42. The third kappa shape index (κ3) is 3.08. The molecule has 0 spiro atoms. The molecule has 2 rings (SSSR count). The van der Waals surface area contributed by atoms with E-state index in [1.54, 1.807) is 7.11 Å². The van der Waals surface area contributed by atoms with Crippen molar-refractivity contribution in [3.63, 3.8) is 0 Å². The minimum Gasteiger partial charge on any atom is -0.464 e. The van der Waals surface area contributed by atoms with Gasteiger partial charge in [0.25, 0.3) is 0 Å². The van der Waals surface area contributed by atoms with Gasteiger partial charge in [0, 0.05) is 13.5 Å². The zero-order chi connectivity index (χ0) is 10.5. The lowest BCUT2D eigenvalue weighted by atomic mass is 9.95. The monoisotopic (exact) mass is 209 g/mol. The van der Waals surface area contributed by atoms with Crippen molar-refractivity contribution in [2.45, 2.75) is 25.9 Å². The van der Waals surface area contributed by atoms with E-state index >= 15 is 0 Å². The molecule has 15 heavy (non-hydrogen) atoms. The number of nitrogens with one attached hydrogen (secondary N) is 1. The van der Waals surface area contributed by atoms with Gasteiger partial charge < -0.3 is 14.5 Å². The highest BCUT2D eigenvalue weighted by atomic mass is 16.5. The minimum absolute atomic E-state index is 0.572. The molecule has 1 aliphatic heterocycles. The third-order valence-electron chi connectivity index (χ3n) is 2.89. The molecule has 3 nitrogen and oxygen atoms in total. The van der Waals surface area contributed by atoms with Gasteiger partial charge in [-0.3, -0.25) is 0 Å². The molecule has 1 atom stereocenters. The number of ether oxygens (including phenoxy) is 1. The van der Waals surface area contributed by atoms with Gasteiger partial charge in [-0.1, -0.05) is 0 Å². The lowest BCUT2D eigenvalue weighted by molar-refractivity contribution is 0.162. The SMILES string of the molecule is COCc1ccc(CC2CCCNC2)o1. The van der Waals surface area contributed by atoms with Gasteiger partial charge in [0.05, 0.1) is 0 Å². The Hall–Kier alpha value is -0.800. The van der Waals surface area contributed by atoms with Crippen LogP contribution in [0.15, 0.2) is 16.5 Å². The van der Waals surface area contributed by atoms with Crippen LogP contribution in [-0.4, -0.2) is 20.2 Å². The van der Waals surface area contributed by atoms with E-state index in [-0.39, 0.29) is 0 Å². The van der Waals surface area contributed by atoms with E-state index in [9.17, 15) is 0 Å². The molecule has 0 bridgehead atoms. The number of furan rings is 1. The van der Waals surface area contributed by atoms with Crippen molar-refractivity contribution in [2.24, 2.45) is 5.92 Å². The third-order valence-corrected chi connectivity index (χ3v) is 2.89. The van der Waals surface area contributed by atoms with E-state index in [1.165, 1.54) is 19.4 Å². The van der Waals surface area contributed by atoms with Crippen LogP contribution in [-0.2, 0) is 17.8 Å². The molecule has 0 saturated carbocycles. The van der Waals surface area contributed by atoms with Gasteiger partial charge >= 0.3 is 0 Å². The van der Waals surface area contributed by atoms with Crippen LogP contribution in [0.5, 0.6) is 0 Å². The van der Waals surface area contributed by atoms with Crippen LogP contribution in [0.1, 0.15) is 24.4 Å². The summed E-state index contributed by atoms with van der Waals surface area (Å²) in [5.41, 5.74) is 0. The van der Waals surface area contributed by atoms with Gasteiger partial charge in [0.2, 0.25) is 0 Å². The molecule has 0 radical (unpaired) electrons. The molecule has 2 heterocycles. The van der Waals surface area contributed by atoms with E-state index in [4.69, 9.17) is 9.15 Å². The predicted molar refractivity (Wildman–Crippen MR) is 58.7 cm³/mol. The average Bonchev–Trinajstić information content (AvgIpc) is 2.68. The van der Waals surface area contributed by atoms with E-state index in [0.717, 1.165) is 30.4 Å². The number of piperidine rings is 1. The second kappa shape index (κ2) is 5.33. The van der Waals surface area contributed by atoms with Crippen molar-refractivity contribution >= 4 is 0 Å². The summed E-state index contributed by atoms with van der Waals surface area (Å²) in [7, 11) is 1.69. The Morgan fingerprint density at radius 2 is 2.33 bits per heavy atom. The molecular formula is C12H19NO2. The molecule has 1 aliphatic rings. The fraction of sp³-hybridized carbons (Fsp3) is 0.667. The summed E-state index contributed by atoms with van der Waals surface area (Å²) in [4.78, 5) is 0. The summed E-state index contributed by atoms with van der Waals surface area (Å²) < 4.78 is 10.7. The summed E-state index contributed by atoms with van der Waals surface area (Å²) in [6, 6.07) is 4.08. The second-order valence-electron chi connectivity index (χ2n) is 4.22. The Kier molecular flexibility index (Phi) is 3.80. The van der Waals surface area contributed by atoms with Crippen molar-refractivity contribution in [3.05, 3.63) is 23.7 Å². The highest BCUT2D eigenvalue weighted by molar-refractivity contribution is 5.07. The Morgan fingerprint density at radius 1 is 1.47 bits per heavy atom. The van der Waals surface area contributed by atoms with E-state index < -0.39 is 0 Å².